The molecule has 1 fully saturated rings. The van der Waals surface area contributed by atoms with Gasteiger partial charge in [-0.15, -0.1) is 0 Å². The molecule has 2 heterocycles. The Kier molecular flexibility index (Phi) is 5.59. The Morgan fingerprint density at radius 3 is 2.65 bits per heavy atom. The van der Waals surface area contributed by atoms with E-state index in [-0.39, 0.29) is 6.10 Å². The molecule has 1 unspecified atom stereocenters. The van der Waals surface area contributed by atoms with Gasteiger partial charge < -0.3 is 15.0 Å². The molecule has 1 N–H and O–H groups in total. The number of hydrogen-bond donors (Lipinski definition) is 1. The van der Waals surface area contributed by atoms with Crippen molar-refractivity contribution in [1.29, 1.82) is 0 Å². The van der Waals surface area contributed by atoms with Crippen molar-refractivity contribution in [2.45, 2.75) is 52.2 Å². The molecule has 0 aliphatic carbocycles. The van der Waals surface area contributed by atoms with Gasteiger partial charge in [0.05, 0.1) is 6.10 Å². The van der Waals surface area contributed by atoms with Gasteiger partial charge in [0.2, 0.25) is 5.88 Å². The van der Waals surface area contributed by atoms with Crippen LogP contribution < -0.4 is 10.1 Å². The van der Waals surface area contributed by atoms with Crippen molar-refractivity contribution in [3.63, 3.8) is 0 Å². The third kappa shape index (κ3) is 4.96. The van der Waals surface area contributed by atoms with Crippen LogP contribution in [-0.4, -0.2) is 46.6 Å². The molecule has 20 heavy (non-hydrogen) atoms. The van der Waals surface area contributed by atoms with Crippen molar-refractivity contribution < 1.29 is 4.74 Å². The van der Waals surface area contributed by atoms with E-state index in [0.29, 0.717) is 11.9 Å². The Morgan fingerprint density at radius 2 is 1.95 bits per heavy atom. The first-order chi connectivity index (χ1) is 9.63. The molecule has 1 aliphatic rings. The first-order valence-corrected chi connectivity index (χ1v) is 7.61. The van der Waals surface area contributed by atoms with Crippen LogP contribution in [-0.2, 0) is 0 Å². The van der Waals surface area contributed by atoms with E-state index in [9.17, 15) is 0 Å². The first-order valence-electron chi connectivity index (χ1n) is 7.61. The van der Waals surface area contributed by atoms with Gasteiger partial charge in [0, 0.05) is 18.7 Å². The molecule has 1 aliphatic heterocycles. The van der Waals surface area contributed by atoms with Gasteiger partial charge >= 0.3 is 0 Å². The standard InChI is InChI=1S/C15H26N4O/c1-12(2)20-15-9-14(16-11-17-15)18-13(3)10-19-7-5-4-6-8-19/h9,11-13H,4-8,10H2,1-3H3,(H,16,17,18). The van der Waals surface area contributed by atoms with Crippen LogP contribution in [0.4, 0.5) is 5.82 Å². The second kappa shape index (κ2) is 7.43. The van der Waals surface area contributed by atoms with Crippen molar-refractivity contribution in [3.8, 4) is 5.88 Å². The molecular formula is C15H26N4O. The summed E-state index contributed by atoms with van der Waals surface area (Å²) in [6, 6.07) is 2.24. The van der Waals surface area contributed by atoms with Crippen LogP contribution in [0.1, 0.15) is 40.0 Å². The minimum atomic E-state index is 0.128. The first kappa shape index (κ1) is 15.0. The number of nitrogens with one attached hydrogen (secondary N) is 1. The van der Waals surface area contributed by atoms with Gasteiger partial charge in [-0.2, -0.15) is 0 Å². The largest absolute Gasteiger partial charge is 0.475 e. The number of hydrogen-bond acceptors (Lipinski definition) is 5. The van der Waals surface area contributed by atoms with Gasteiger partial charge in [0.1, 0.15) is 12.1 Å². The lowest BCUT2D eigenvalue weighted by Gasteiger charge is -2.29. The van der Waals surface area contributed by atoms with E-state index < -0.39 is 0 Å². The fourth-order valence-electron chi connectivity index (χ4n) is 2.55. The Morgan fingerprint density at radius 1 is 1.20 bits per heavy atom. The highest BCUT2D eigenvalue weighted by atomic mass is 16.5. The summed E-state index contributed by atoms with van der Waals surface area (Å²) in [5.74, 6) is 1.46. The Balaban J connectivity index is 1.85. The lowest BCUT2D eigenvalue weighted by Crippen LogP contribution is -2.38. The van der Waals surface area contributed by atoms with E-state index in [1.165, 1.54) is 32.4 Å². The van der Waals surface area contributed by atoms with Crippen LogP contribution in [0.2, 0.25) is 0 Å². The fourth-order valence-corrected chi connectivity index (χ4v) is 2.55. The Hall–Kier alpha value is -1.36. The second-order valence-electron chi connectivity index (χ2n) is 5.81. The second-order valence-corrected chi connectivity index (χ2v) is 5.81. The van der Waals surface area contributed by atoms with Crippen molar-refractivity contribution >= 4 is 5.82 Å². The van der Waals surface area contributed by atoms with Crippen LogP contribution in [0.15, 0.2) is 12.4 Å². The van der Waals surface area contributed by atoms with Crippen molar-refractivity contribution in [1.82, 2.24) is 14.9 Å². The van der Waals surface area contributed by atoms with E-state index in [1.54, 1.807) is 6.33 Å². The van der Waals surface area contributed by atoms with Gasteiger partial charge in [-0.3, -0.25) is 0 Å². The number of piperidine rings is 1. The van der Waals surface area contributed by atoms with Gasteiger partial charge in [0.25, 0.3) is 0 Å². The minimum Gasteiger partial charge on any atom is -0.475 e. The molecule has 0 bridgehead atoms. The zero-order valence-electron chi connectivity index (χ0n) is 12.8. The molecular weight excluding hydrogens is 252 g/mol. The summed E-state index contributed by atoms with van der Waals surface area (Å²) in [5, 5.41) is 3.43. The SMILES string of the molecule is CC(CN1CCCCC1)Nc1cc(OC(C)C)ncn1. The predicted molar refractivity (Wildman–Crippen MR) is 81.2 cm³/mol. The van der Waals surface area contributed by atoms with E-state index in [2.05, 4.69) is 27.1 Å². The Bertz CT molecular complexity index is 405. The Labute approximate surface area is 121 Å². The average molecular weight is 278 g/mol. The molecule has 5 nitrogen and oxygen atoms in total. The molecule has 0 saturated carbocycles. The number of nitrogens with zero attached hydrogens (tertiary/aromatic N) is 3. The molecule has 112 valence electrons. The van der Waals surface area contributed by atoms with Crippen LogP contribution in [0, 0.1) is 0 Å². The topological polar surface area (TPSA) is 50.3 Å². The maximum absolute atomic E-state index is 5.58. The molecule has 0 spiro atoms. The van der Waals surface area contributed by atoms with Gasteiger partial charge in [-0.25, -0.2) is 9.97 Å². The molecule has 0 radical (unpaired) electrons. The summed E-state index contributed by atoms with van der Waals surface area (Å²) in [6.07, 6.45) is 5.70. The molecule has 1 saturated heterocycles. The zero-order chi connectivity index (χ0) is 14.4. The monoisotopic (exact) mass is 278 g/mol. The highest BCUT2D eigenvalue weighted by Crippen LogP contribution is 2.14. The predicted octanol–water partition coefficient (Wildman–Crippen LogP) is 2.55. The minimum absolute atomic E-state index is 0.128. The summed E-state index contributed by atoms with van der Waals surface area (Å²) < 4.78 is 5.58. The lowest BCUT2D eigenvalue weighted by molar-refractivity contribution is 0.223. The normalized spacial score (nSPS) is 18.0. The van der Waals surface area contributed by atoms with Crippen molar-refractivity contribution in [3.05, 3.63) is 12.4 Å². The number of anilines is 1. The number of likely N-dealkylation sites (tertiary alicyclic amines) is 1. The maximum Gasteiger partial charge on any atom is 0.218 e. The third-order valence-corrected chi connectivity index (χ3v) is 3.37. The van der Waals surface area contributed by atoms with Crippen LogP contribution >= 0.6 is 0 Å². The van der Waals surface area contributed by atoms with Gasteiger partial charge in [-0.05, 0) is 46.7 Å². The third-order valence-electron chi connectivity index (χ3n) is 3.37. The molecule has 0 amide bonds. The van der Waals surface area contributed by atoms with Crippen LogP contribution in [0.25, 0.3) is 0 Å². The van der Waals surface area contributed by atoms with E-state index in [1.807, 2.05) is 19.9 Å². The van der Waals surface area contributed by atoms with E-state index in [4.69, 9.17) is 4.74 Å². The van der Waals surface area contributed by atoms with E-state index >= 15 is 0 Å². The number of ether oxygens (including phenoxy) is 1. The smallest absolute Gasteiger partial charge is 0.218 e. The summed E-state index contributed by atoms with van der Waals surface area (Å²) in [6.45, 7) is 9.68. The fraction of sp³-hybridized carbons (Fsp3) is 0.733. The van der Waals surface area contributed by atoms with Gasteiger partial charge in [0.15, 0.2) is 0 Å². The van der Waals surface area contributed by atoms with Crippen molar-refractivity contribution in [2.24, 2.45) is 0 Å². The van der Waals surface area contributed by atoms with Gasteiger partial charge in [-0.1, -0.05) is 6.42 Å². The average Bonchev–Trinajstić information content (AvgIpc) is 2.39. The summed E-state index contributed by atoms with van der Waals surface area (Å²) in [4.78, 5) is 10.9. The highest BCUT2D eigenvalue weighted by molar-refractivity contribution is 5.38. The van der Waals surface area contributed by atoms with Crippen LogP contribution in [0.3, 0.4) is 0 Å². The molecule has 2 rings (SSSR count). The van der Waals surface area contributed by atoms with Crippen LogP contribution in [0.5, 0.6) is 5.88 Å². The highest BCUT2D eigenvalue weighted by Gasteiger charge is 2.13. The lowest BCUT2D eigenvalue weighted by atomic mass is 10.1. The maximum atomic E-state index is 5.58. The molecule has 1 aromatic rings. The molecule has 0 aromatic carbocycles. The molecule has 5 heteroatoms. The quantitative estimate of drug-likeness (QED) is 0.866. The van der Waals surface area contributed by atoms with E-state index in [0.717, 1.165) is 12.4 Å². The molecule has 1 atom stereocenters. The van der Waals surface area contributed by atoms with Crippen molar-refractivity contribution in [2.75, 3.05) is 25.0 Å². The number of aromatic nitrogens is 2. The summed E-state index contributed by atoms with van der Waals surface area (Å²) in [5.41, 5.74) is 0. The number of rotatable bonds is 6. The zero-order valence-corrected chi connectivity index (χ0v) is 12.8. The molecule has 1 aromatic heterocycles. The summed E-state index contributed by atoms with van der Waals surface area (Å²) in [7, 11) is 0. The summed E-state index contributed by atoms with van der Waals surface area (Å²) >= 11 is 0.